The highest BCUT2D eigenvalue weighted by Crippen LogP contribution is 2.22. The van der Waals surface area contributed by atoms with E-state index in [0.717, 1.165) is 10.8 Å². The molecule has 2 aromatic rings. The van der Waals surface area contributed by atoms with Crippen LogP contribution >= 0.6 is 0 Å². The number of nitrogen functional groups attached to an aromatic ring is 1. The number of nitrogens with two attached hydrogens (primary N) is 1. The van der Waals surface area contributed by atoms with Gasteiger partial charge in [-0.15, -0.1) is 0 Å². The molecule has 0 heterocycles. The lowest BCUT2D eigenvalue weighted by Crippen LogP contribution is -2.14. The predicted octanol–water partition coefficient (Wildman–Crippen LogP) is 2.07. The highest BCUT2D eigenvalue weighted by atomic mass is 16.6. The first-order chi connectivity index (χ1) is 9.60. The molecule has 0 saturated heterocycles. The first-order valence-electron chi connectivity index (χ1n) is 6.27. The zero-order valence-corrected chi connectivity index (χ0v) is 11.2. The van der Waals surface area contributed by atoms with Gasteiger partial charge in [0, 0.05) is 5.56 Å². The molecule has 20 heavy (non-hydrogen) atoms. The van der Waals surface area contributed by atoms with Gasteiger partial charge in [0.25, 0.3) is 0 Å². The molecule has 0 atom stereocenters. The standard InChI is InChI=1S/C15H16N2O3/c1-2-19-14(18)9-20-13-6-5-10-7-12(15(16)17)4-3-11(10)8-13/h3-8H,2,9H2,1H3,(H3,16,17). The van der Waals surface area contributed by atoms with Crippen LogP contribution in [0.5, 0.6) is 5.75 Å². The number of amidine groups is 1. The predicted molar refractivity (Wildman–Crippen MR) is 77.1 cm³/mol. The van der Waals surface area contributed by atoms with E-state index in [0.29, 0.717) is 17.9 Å². The van der Waals surface area contributed by atoms with Crippen LogP contribution in [0.4, 0.5) is 0 Å². The minimum atomic E-state index is -0.389. The third-order valence-electron chi connectivity index (χ3n) is 2.78. The topological polar surface area (TPSA) is 85.4 Å². The molecule has 2 rings (SSSR count). The Morgan fingerprint density at radius 3 is 2.60 bits per heavy atom. The summed E-state index contributed by atoms with van der Waals surface area (Å²) in [5.74, 6) is 0.246. The lowest BCUT2D eigenvalue weighted by Gasteiger charge is -2.07. The van der Waals surface area contributed by atoms with Gasteiger partial charge >= 0.3 is 5.97 Å². The van der Waals surface area contributed by atoms with Crippen molar-refractivity contribution in [3.8, 4) is 5.75 Å². The fourth-order valence-electron chi connectivity index (χ4n) is 1.83. The molecular formula is C15H16N2O3. The number of benzene rings is 2. The van der Waals surface area contributed by atoms with Crippen molar-refractivity contribution < 1.29 is 14.3 Å². The average molecular weight is 272 g/mol. The van der Waals surface area contributed by atoms with Crippen molar-refractivity contribution >= 4 is 22.6 Å². The Hall–Kier alpha value is -2.56. The molecule has 0 aliphatic carbocycles. The third-order valence-corrected chi connectivity index (χ3v) is 2.78. The van der Waals surface area contributed by atoms with Crippen LogP contribution < -0.4 is 10.5 Å². The summed E-state index contributed by atoms with van der Waals surface area (Å²) in [4.78, 5) is 11.2. The van der Waals surface area contributed by atoms with Gasteiger partial charge in [0.15, 0.2) is 6.61 Å². The van der Waals surface area contributed by atoms with E-state index in [2.05, 4.69) is 0 Å². The van der Waals surface area contributed by atoms with E-state index in [-0.39, 0.29) is 18.4 Å². The second-order valence-corrected chi connectivity index (χ2v) is 4.23. The van der Waals surface area contributed by atoms with Gasteiger partial charge < -0.3 is 15.2 Å². The molecule has 0 spiro atoms. The number of rotatable bonds is 5. The molecule has 0 aliphatic rings. The zero-order valence-electron chi connectivity index (χ0n) is 11.2. The van der Waals surface area contributed by atoms with E-state index in [9.17, 15) is 4.79 Å². The van der Waals surface area contributed by atoms with Crippen LogP contribution in [-0.4, -0.2) is 25.0 Å². The quantitative estimate of drug-likeness (QED) is 0.495. The Kier molecular flexibility index (Phi) is 4.20. The molecular weight excluding hydrogens is 256 g/mol. The Labute approximate surface area is 116 Å². The number of carbonyl (C=O) groups excluding carboxylic acids is 1. The van der Waals surface area contributed by atoms with Crippen molar-refractivity contribution in [1.29, 1.82) is 5.41 Å². The van der Waals surface area contributed by atoms with Gasteiger partial charge in [0.1, 0.15) is 11.6 Å². The van der Waals surface area contributed by atoms with E-state index < -0.39 is 0 Å². The average Bonchev–Trinajstić information content (AvgIpc) is 2.44. The largest absolute Gasteiger partial charge is 0.482 e. The van der Waals surface area contributed by atoms with Crippen LogP contribution in [0.1, 0.15) is 12.5 Å². The maximum Gasteiger partial charge on any atom is 0.344 e. The van der Waals surface area contributed by atoms with Gasteiger partial charge in [-0.05, 0) is 35.9 Å². The van der Waals surface area contributed by atoms with Crippen LogP contribution in [0.25, 0.3) is 10.8 Å². The van der Waals surface area contributed by atoms with Crippen LogP contribution in [-0.2, 0) is 9.53 Å². The van der Waals surface area contributed by atoms with Gasteiger partial charge in [-0.1, -0.05) is 18.2 Å². The molecule has 0 radical (unpaired) electrons. The first-order valence-corrected chi connectivity index (χ1v) is 6.27. The van der Waals surface area contributed by atoms with E-state index in [1.807, 2.05) is 24.3 Å². The molecule has 0 amide bonds. The first kappa shape index (κ1) is 13.9. The van der Waals surface area contributed by atoms with E-state index >= 15 is 0 Å². The van der Waals surface area contributed by atoms with Crippen molar-refractivity contribution in [3.63, 3.8) is 0 Å². The van der Waals surface area contributed by atoms with Crippen LogP contribution in [0, 0.1) is 5.41 Å². The van der Waals surface area contributed by atoms with Gasteiger partial charge in [0.2, 0.25) is 0 Å². The van der Waals surface area contributed by atoms with E-state index in [1.165, 1.54) is 0 Å². The summed E-state index contributed by atoms with van der Waals surface area (Å²) in [5.41, 5.74) is 6.13. The molecule has 0 aliphatic heterocycles. The highest BCUT2D eigenvalue weighted by molar-refractivity contribution is 5.99. The fourth-order valence-corrected chi connectivity index (χ4v) is 1.83. The van der Waals surface area contributed by atoms with E-state index in [1.54, 1.807) is 19.1 Å². The van der Waals surface area contributed by atoms with Crippen molar-refractivity contribution in [3.05, 3.63) is 42.0 Å². The van der Waals surface area contributed by atoms with Crippen molar-refractivity contribution in [1.82, 2.24) is 0 Å². The minimum Gasteiger partial charge on any atom is -0.482 e. The molecule has 5 heteroatoms. The molecule has 0 unspecified atom stereocenters. The lowest BCUT2D eigenvalue weighted by atomic mass is 10.1. The van der Waals surface area contributed by atoms with Crippen molar-refractivity contribution in [2.75, 3.05) is 13.2 Å². The molecule has 5 nitrogen and oxygen atoms in total. The monoisotopic (exact) mass is 272 g/mol. The Bertz CT molecular complexity index is 653. The number of esters is 1. The molecule has 0 fully saturated rings. The van der Waals surface area contributed by atoms with Crippen LogP contribution in [0.3, 0.4) is 0 Å². The Morgan fingerprint density at radius 2 is 1.90 bits per heavy atom. The maximum absolute atomic E-state index is 11.2. The SMILES string of the molecule is CCOC(=O)COc1ccc2cc(C(=N)N)ccc2c1. The zero-order chi connectivity index (χ0) is 14.5. The minimum absolute atomic E-state index is 0.0366. The maximum atomic E-state index is 11.2. The number of hydrogen-bond donors (Lipinski definition) is 2. The smallest absolute Gasteiger partial charge is 0.344 e. The fraction of sp³-hybridized carbons (Fsp3) is 0.200. The summed E-state index contributed by atoms with van der Waals surface area (Å²) in [5, 5.41) is 9.32. The number of hydrogen-bond acceptors (Lipinski definition) is 4. The number of carbonyl (C=O) groups is 1. The number of fused-ring (bicyclic) bond motifs is 1. The van der Waals surface area contributed by atoms with Crippen molar-refractivity contribution in [2.45, 2.75) is 6.92 Å². The van der Waals surface area contributed by atoms with Gasteiger partial charge in [0.05, 0.1) is 6.61 Å². The summed E-state index contributed by atoms with van der Waals surface area (Å²) in [6, 6.07) is 10.9. The van der Waals surface area contributed by atoms with Crippen LogP contribution in [0.15, 0.2) is 36.4 Å². The van der Waals surface area contributed by atoms with Gasteiger partial charge in [-0.25, -0.2) is 4.79 Å². The molecule has 2 aromatic carbocycles. The Balaban J connectivity index is 2.15. The third kappa shape index (κ3) is 3.26. The number of nitrogens with one attached hydrogen (secondary N) is 1. The second kappa shape index (κ2) is 6.06. The molecule has 0 aromatic heterocycles. The molecule has 3 N–H and O–H groups in total. The molecule has 104 valence electrons. The Morgan fingerprint density at radius 1 is 1.20 bits per heavy atom. The molecule has 0 bridgehead atoms. The second-order valence-electron chi connectivity index (χ2n) is 4.23. The summed E-state index contributed by atoms with van der Waals surface area (Å²) in [7, 11) is 0. The summed E-state index contributed by atoms with van der Waals surface area (Å²) >= 11 is 0. The van der Waals surface area contributed by atoms with Gasteiger partial charge in [-0.3, -0.25) is 5.41 Å². The summed E-state index contributed by atoms with van der Waals surface area (Å²) < 4.78 is 10.2. The van der Waals surface area contributed by atoms with Gasteiger partial charge in [-0.2, -0.15) is 0 Å². The van der Waals surface area contributed by atoms with E-state index in [4.69, 9.17) is 20.6 Å². The summed E-state index contributed by atoms with van der Waals surface area (Å²) in [6.45, 7) is 1.99. The number of ether oxygens (including phenoxy) is 2. The highest BCUT2D eigenvalue weighted by Gasteiger charge is 2.04. The molecule has 0 saturated carbocycles. The van der Waals surface area contributed by atoms with Crippen LogP contribution in [0.2, 0.25) is 0 Å². The summed E-state index contributed by atoms with van der Waals surface area (Å²) in [6.07, 6.45) is 0. The van der Waals surface area contributed by atoms with Crippen molar-refractivity contribution in [2.24, 2.45) is 5.73 Å². The normalized spacial score (nSPS) is 10.2. The lowest BCUT2D eigenvalue weighted by molar-refractivity contribution is -0.145.